The number of rotatable bonds is 0. The molecule has 2 heterocycles. The lowest BCUT2D eigenvalue weighted by atomic mass is 10.1. The van der Waals surface area contributed by atoms with Crippen molar-refractivity contribution >= 4 is 32.1 Å². The normalized spacial score (nSPS) is 11.3. The van der Waals surface area contributed by atoms with Crippen LogP contribution in [0.1, 0.15) is 20.9 Å². The van der Waals surface area contributed by atoms with Crippen molar-refractivity contribution in [2.45, 2.75) is 13.8 Å². The minimum Gasteiger partial charge on any atom is -0.129 e. The summed E-state index contributed by atoms with van der Waals surface area (Å²) in [5.74, 6) is 0. The first-order chi connectivity index (χ1) is 5.61. The van der Waals surface area contributed by atoms with E-state index in [0.717, 1.165) is 9.75 Å². The van der Waals surface area contributed by atoms with E-state index in [1.54, 1.807) is 22.7 Å². The molecule has 0 fully saturated rings. The van der Waals surface area contributed by atoms with Crippen LogP contribution in [0, 0.1) is 27.7 Å². The molecule has 0 aromatic carbocycles. The standard InChI is InChI=1S/C10H8S2/c1-5-7(3)11-10-9(5)6(2)8(4)12-10/h3-4H,1-2H3. The van der Waals surface area contributed by atoms with Crippen molar-refractivity contribution in [3.8, 4) is 0 Å². The zero-order chi connectivity index (χ0) is 8.88. The van der Waals surface area contributed by atoms with Gasteiger partial charge in [-0.15, -0.1) is 22.7 Å². The Hall–Kier alpha value is -0.340. The first kappa shape index (κ1) is 8.27. The second-order valence-corrected chi connectivity index (χ2v) is 5.21. The van der Waals surface area contributed by atoms with E-state index in [1.807, 2.05) is 13.8 Å². The van der Waals surface area contributed by atoms with Gasteiger partial charge in [0.05, 0.1) is 4.01 Å². The van der Waals surface area contributed by atoms with E-state index in [4.69, 9.17) is 13.8 Å². The first-order valence-electron chi connectivity index (χ1n) is 3.64. The van der Waals surface area contributed by atoms with Crippen LogP contribution < -0.4 is 0 Å². The monoisotopic (exact) mass is 192 g/mol. The van der Waals surface area contributed by atoms with E-state index < -0.39 is 0 Å². The number of thiophene rings is 2. The van der Waals surface area contributed by atoms with E-state index >= 15 is 0 Å². The van der Waals surface area contributed by atoms with Crippen LogP contribution in [0.2, 0.25) is 0 Å². The molecule has 0 aliphatic rings. The average molecular weight is 192 g/mol. The van der Waals surface area contributed by atoms with Crippen molar-refractivity contribution < 1.29 is 0 Å². The molecule has 0 N–H and O–H groups in total. The smallest absolute Gasteiger partial charge is 0.0876 e. The third kappa shape index (κ3) is 0.947. The molecule has 2 aromatic rings. The van der Waals surface area contributed by atoms with Gasteiger partial charge in [0.15, 0.2) is 0 Å². The van der Waals surface area contributed by atoms with Crippen LogP contribution in [-0.4, -0.2) is 0 Å². The minimum absolute atomic E-state index is 0.916. The molecule has 0 saturated heterocycles. The minimum atomic E-state index is 0.916. The van der Waals surface area contributed by atoms with E-state index in [1.165, 1.54) is 20.5 Å². The number of aryl methyl sites for hydroxylation is 2. The number of hydrogen-bond acceptors (Lipinski definition) is 2. The Balaban J connectivity index is 2.94. The molecule has 0 bridgehead atoms. The Labute approximate surface area is 80.9 Å². The van der Waals surface area contributed by atoms with Crippen LogP contribution in [0.5, 0.6) is 0 Å². The molecule has 2 rings (SSSR count). The predicted molar refractivity (Wildman–Crippen MR) is 56.0 cm³/mol. The second-order valence-electron chi connectivity index (χ2n) is 2.85. The lowest BCUT2D eigenvalue weighted by molar-refractivity contribution is 1.49. The van der Waals surface area contributed by atoms with E-state index in [0.29, 0.717) is 0 Å². The lowest BCUT2D eigenvalue weighted by Gasteiger charge is -1.91. The Morgan fingerprint density at radius 2 is 1.33 bits per heavy atom. The lowest BCUT2D eigenvalue weighted by Crippen LogP contribution is -1.73. The highest BCUT2D eigenvalue weighted by atomic mass is 32.2. The van der Waals surface area contributed by atoms with Crippen molar-refractivity contribution in [3.63, 3.8) is 0 Å². The maximum Gasteiger partial charge on any atom is 0.0876 e. The molecule has 4 radical (unpaired) electrons. The van der Waals surface area contributed by atoms with Gasteiger partial charge in [-0.2, -0.15) is 0 Å². The molecule has 0 atom stereocenters. The molecular weight excluding hydrogens is 184 g/mol. The zero-order valence-corrected chi connectivity index (χ0v) is 8.60. The van der Waals surface area contributed by atoms with Gasteiger partial charge < -0.3 is 0 Å². The van der Waals surface area contributed by atoms with Gasteiger partial charge in [0.2, 0.25) is 0 Å². The third-order valence-corrected chi connectivity index (χ3v) is 4.43. The van der Waals surface area contributed by atoms with Crippen LogP contribution >= 0.6 is 22.7 Å². The van der Waals surface area contributed by atoms with Gasteiger partial charge in [-0.05, 0) is 25.0 Å². The quantitative estimate of drug-likeness (QED) is 0.597. The molecule has 0 spiro atoms. The van der Waals surface area contributed by atoms with E-state index in [-0.39, 0.29) is 0 Å². The molecule has 0 aliphatic carbocycles. The second kappa shape index (κ2) is 2.57. The van der Waals surface area contributed by atoms with Crippen molar-refractivity contribution in [2.24, 2.45) is 0 Å². The van der Waals surface area contributed by atoms with E-state index in [9.17, 15) is 0 Å². The summed E-state index contributed by atoms with van der Waals surface area (Å²) in [4.78, 5) is 1.83. The summed E-state index contributed by atoms with van der Waals surface area (Å²) in [7, 11) is 0. The first-order valence-corrected chi connectivity index (χ1v) is 5.28. The van der Waals surface area contributed by atoms with Gasteiger partial charge in [0.25, 0.3) is 0 Å². The maximum absolute atomic E-state index is 5.80. The fraction of sp³-hybridized carbons (Fsp3) is 0.200. The van der Waals surface area contributed by atoms with Crippen LogP contribution in [0.25, 0.3) is 9.40 Å². The Bertz CT molecular complexity index is 395. The van der Waals surface area contributed by atoms with Gasteiger partial charge in [-0.3, -0.25) is 0 Å². The third-order valence-electron chi connectivity index (χ3n) is 2.10. The molecule has 0 aliphatic heterocycles. The summed E-state index contributed by atoms with van der Waals surface area (Å²) in [6.45, 7) is 15.7. The van der Waals surface area contributed by atoms with Gasteiger partial charge >= 0.3 is 0 Å². The highest BCUT2D eigenvalue weighted by Gasteiger charge is 2.11. The van der Waals surface area contributed by atoms with Crippen LogP contribution in [-0.2, 0) is 0 Å². The van der Waals surface area contributed by atoms with Crippen LogP contribution in [0.3, 0.4) is 0 Å². The summed E-state index contributed by atoms with van der Waals surface area (Å²) >= 11 is 3.26. The molecule has 0 nitrogen and oxygen atoms in total. The summed E-state index contributed by atoms with van der Waals surface area (Å²) < 4.78 is 1.25. The number of hydrogen-bond donors (Lipinski definition) is 0. The average Bonchev–Trinajstić information content (AvgIpc) is 2.40. The molecule has 2 aromatic heterocycles. The largest absolute Gasteiger partial charge is 0.129 e. The molecule has 12 heavy (non-hydrogen) atoms. The van der Waals surface area contributed by atoms with Gasteiger partial charge in [-0.1, -0.05) is 0 Å². The highest BCUT2D eigenvalue weighted by molar-refractivity contribution is 7.38. The molecular formula is C10H8S2. The summed E-state index contributed by atoms with van der Waals surface area (Å²) in [5.41, 5.74) is 2.36. The van der Waals surface area contributed by atoms with Crippen molar-refractivity contribution in [1.29, 1.82) is 0 Å². The molecule has 0 amide bonds. The molecule has 0 unspecified atom stereocenters. The summed E-state index contributed by atoms with van der Waals surface area (Å²) in [5, 5.41) is 1.26. The van der Waals surface area contributed by atoms with Crippen molar-refractivity contribution in [3.05, 3.63) is 34.7 Å². The fourth-order valence-corrected chi connectivity index (χ4v) is 3.74. The molecule has 2 heteroatoms. The molecule has 0 saturated carbocycles. The van der Waals surface area contributed by atoms with Gasteiger partial charge in [0, 0.05) is 29.0 Å². The highest BCUT2D eigenvalue weighted by Crippen LogP contribution is 2.39. The van der Waals surface area contributed by atoms with Gasteiger partial charge in [0.1, 0.15) is 0 Å². The Kier molecular flexibility index (Phi) is 1.77. The van der Waals surface area contributed by atoms with Crippen molar-refractivity contribution in [1.82, 2.24) is 0 Å². The van der Waals surface area contributed by atoms with Gasteiger partial charge in [-0.25, -0.2) is 0 Å². The predicted octanol–water partition coefficient (Wildman–Crippen LogP) is 3.70. The topological polar surface area (TPSA) is 0 Å². The van der Waals surface area contributed by atoms with E-state index in [2.05, 4.69) is 0 Å². The van der Waals surface area contributed by atoms with Crippen LogP contribution in [0.4, 0.5) is 0 Å². The summed E-state index contributed by atoms with van der Waals surface area (Å²) in [6, 6.07) is 0. The maximum atomic E-state index is 5.80. The summed E-state index contributed by atoms with van der Waals surface area (Å²) in [6.07, 6.45) is 0. The number of fused-ring (bicyclic) bond motifs is 1. The Morgan fingerprint density at radius 1 is 0.917 bits per heavy atom. The van der Waals surface area contributed by atoms with Crippen LogP contribution in [0.15, 0.2) is 0 Å². The Morgan fingerprint density at radius 3 is 1.67 bits per heavy atom. The SMILES string of the molecule is [CH]c1sc2sc([CH])c(C)c2c1C. The molecule has 60 valence electrons. The zero-order valence-electron chi connectivity index (χ0n) is 6.97. The van der Waals surface area contributed by atoms with Crippen molar-refractivity contribution in [2.75, 3.05) is 0 Å². The fourth-order valence-electron chi connectivity index (χ4n) is 1.31.